The van der Waals surface area contributed by atoms with E-state index in [9.17, 15) is 0 Å². The van der Waals surface area contributed by atoms with E-state index < -0.39 is 0 Å². The molecular formula is C14H23N7. The summed E-state index contributed by atoms with van der Waals surface area (Å²) in [4.78, 5) is 13.1. The Morgan fingerprint density at radius 1 is 1.24 bits per heavy atom. The highest BCUT2D eigenvalue weighted by molar-refractivity contribution is 5.57. The van der Waals surface area contributed by atoms with E-state index in [2.05, 4.69) is 46.5 Å². The number of nitrogens with zero attached hydrogens (tertiary/aromatic N) is 4. The maximum atomic E-state index is 5.55. The van der Waals surface area contributed by atoms with E-state index in [1.807, 2.05) is 17.7 Å². The monoisotopic (exact) mass is 289 g/mol. The van der Waals surface area contributed by atoms with Gasteiger partial charge in [-0.15, -0.1) is 0 Å². The Hall–Kier alpha value is -2.15. The summed E-state index contributed by atoms with van der Waals surface area (Å²) in [6.45, 7) is 8.98. The molecule has 21 heavy (non-hydrogen) atoms. The fraction of sp³-hybridized carbons (Fsp3) is 0.500. The van der Waals surface area contributed by atoms with E-state index in [0.717, 1.165) is 23.8 Å². The van der Waals surface area contributed by atoms with Crippen LogP contribution in [0.5, 0.6) is 0 Å². The number of imidazole rings is 1. The first-order valence-electron chi connectivity index (χ1n) is 7.08. The fourth-order valence-corrected chi connectivity index (χ4v) is 2.06. The van der Waals surface area contributed by atoms with Crippen LogP contribution < -0.4 is 16.6 Å². The summed E-state index contributed by atoms with van der Waals surface area (Å²) in [6, 6.07) is 0.207. The minimum absolute atomic E-state index is 0.207. The van der Waals surface area contributed by atoms with Crippen molar-refractivity contribution >= 4 is 11.6 Å². The van der Waals surface area contributed by atoms with Crippen LogP contribution in [-0.4, -0.2) is 25.6 Å². The third-order valence-corrected chi connectivity index (χ3v) is 3.24. The zero-order valence-electron chi connectivity index (χ0n) is 13.0. The number of nitrogens with one attached hydrogen (secondary N) is 2. The lowest BCUT2D eigenvalue weighted by Gasteiger charge is -2.19. The van der Waals surface area contributed by atoms with Crippen molar-refractivity contribution in [3.63, 3.8) is 0 Å². The molecule has 2 aromatic rings. The predicted molar refractivity (Wildman–Crippen MR) is 84.0 cm³/mol. The van der Waals surface area contributed by atoms with Crippen LogP contribution in [0, 0.1) is 6.92 Å². The topological polar surface area (TPSA) is 93.7 Å². The number of aromatic nitrogens is 4. The molecule has 2 heterocycles. The van der Waals surface area contributed by atoms with Gasteiger partial charge in [-0.25, -0.2) is 20.8 Å². The lowest BCUT2D eigenvalue weighted by Crippen LogP contribution is -2.24. The Morgan fingerprint density at radius 3 is 2.52 bits per heavy atom. The molecule has 0 radical (unpaired) electrons. The number of anilines is 2. The molecule has 0 bridgehead atoms. The third-order valence-electron chi connectivity index (χ3n) is 3.24. The smallest absolute Gasteiger partial charge is 0.148 e. The second kappa shape index (κ2) is 6.53. The van der Waals surface area contributed by atoms with Crippen LogP contribution in [0.4, 0.5) is 11.6 Å². The molecular weight excluding hydrogens is 266 g/mol. The summed E-state index contributed by atoms with van der Waals surface area (Å²) < 4.78 is 2.03. The van der Waals surface area contributed by atoms with Crippen molar-refractivity contribution in [2.24, 2.45) is 5.84 Å². The van der Waals surface area contributed by atoms with Crippen LogP contribution in [0.25, 0.3) is 0 Å². The summed E-state index contributed by atoms with van der Waals surface area (Å²) in [7, 11) is 0. The van der Waals surface area contributed by atoms with Gasteiger partial charge in [0.05, 0.1) is 6.33 Å². The summed E-state index contributed by atoms with van der Waals surface area (Å²) in [5, 5.41) is 3.42. The average Bonchev–Trinajstić information content (AvgIpc) is 2.93. The number of hydrazine groups is 1. The Labute approximate surface area is 125 Å². The molecule has 0 aliphatic heterocycles. The van der Waals surface area contributed by atoms with Crippen LogP contribution >= 0.6 is 0 Å². The van der Waals surface area contributed by atoms with Crippen molar-refractivity contribution in [1.29, 1.82) is 0 Å². The van der Waals surface area contributed by atoms with Gasteiger partial charge in [-0.1, -0.05) is 13.8 Å². The molecule has 0 aliphatic carbocycles. The van der Waals surface area contributed by atoms with Gasteiger partial charge in [-0.2, -0.15) is 0 Å². The Bertz CT molecular complexity index is 577. The highest BCUT2D eigenvalue weighted by Gasteiger charge is 2.14. The summed E-state index contributed by atoms with van der Waals surface area (Å²) in [6.07, 6.45) is 5.52. The molecule has 4 N–H and O–H groups in total. The second-order valence-electron chi connectivity index (χ2n) is 5.51. The summed E-state index contributed by atoms with van der Waals surface area (Å²) in [5.41, 5.74) is 3.56. The molecule has 0 saturated heterocycles. The third kappa shape index (κ3) is 3.69. The van der Waals surface area contributed by atoms with Crippen molar-refractivity contribution in [1.82, 2.24) is 19.5 Å². The molecule has 0 saturated carbocycles. The standard InChI is InChI=1S/C14H23N7/c1-9(2)12-18-13(11(4)14(19-12)20-15)17-10(3)7-21-6-5-16-8-21/h5-6,8-10H,7,15H2,1-4H3,(H2,17,18,19,20). The molecule has 0 aliphatic rings. The van der Waals surface area contributed by atoms with Crippen molar-refractivity contribution < 1.29 is 0 Å². The zero-order chi connectivity index (χ0) is 15.4. The molecule has 7 heteroatoms. The molecule has 0 amide bonds. The SMILES string of the molecule is Cc1c(NN)nc(C(C)C)nc1NC(C)Cn1ccnc1. The van der Waals surface area contributed by atoms with Crippen molar-refractivity contribution in [3.05, 3.63) is 30.1 Å². The Morgan fingerprint density at radius 2 is 1.95 bits per heavy atom. The molecule has 0 aromatic carbocycles. The molecule has 0 spiro atoms. The number of hydrogen-bond acceptors (Lipinski definition) is 6. The van der Waals surface area contributed by atoms with Gasteiger partial charge in [0.1, 0.15) is 17.5 Å². The van der Waals surface area contributed by atoms with Crippen LogP contribution in [0.3, 0.4) is 0 Å². The Kier molecular flexibility index (Phi) is 4.74. The van der Waals surface area contributed by atoms with Gasteiger partial charge in [0.15, 0.2) is 0 Å². The normalized spacial score (nSPS) is 12.5. The molecule has 114 valence electrons. The van der Waals surface area contributed by atoms with Crippen molar-refractivity contribution in [2.45, 2.75) is 46.2 Å². The number of hydrogen-bond donors (Lipinski definition) is 3. The molecule has 7 nitrogen and oxygen atoms in total. The van der Waals surface area contributed by atoms with Crippen LogP contribution in [0.15, 0.2) is 18.7 Å². The van der Waals surface area contributed by atoms with Gasteiger partial charge in [0.2, 0.25) is 0 Å². The van der Waals surface area contributed by atoms with Crippen molar-refractivity contribution in [3.8, 4) is 0 Å². The largest absolute Gasteiger partial charge is 0.365 e. The van der Waals surface area contributed by atoms with Crippen molar-refractivity contribution in [2.75, 3.05) is 10.7 Å². The predicted octanol–water partition coefficient (Wildman–Crippen LogP) is 1.89. The van der Waals surface area contributed by atoms with Gasteiger partial charge in [0, 0.05) is 36.5 Å². The number of nitrogen functional groups attached to an aromatic ring is 1. The van der Waals surface area contributed by atoms with E-state index in [0.29, 0.717) is 5.82 Å². The molecule has 1 atom stereocenters. The van der Waals surface area contributed by atoms with Crippen LogP contribution in [0.2, 0.25) is 0 Å². The summed E-state index contributed by atoms with van der Waals surface area (Å²) >= 11 is 0. The van der Waals surface area contributed by atoms with E-state index in [4.69, 9.17) is 5.84 Å². The maximum Gasteiger partial charge on any atom is 0.148 e. The highest BCUT2D eigenvalue weighted by atomic mass is 15.3. The van der Waals surface area contributed by atoms with Gasteiger partial charge in [0.25, 0.3) is 0 Å². The summed E-state index contributed by atoms with van der Waals surface area (Å²) in [5.74, 6) is 8.03. The molecule has 0 fully saturated rings. The van der Waals surface area contributed by atoms with Gasteiger partial charge in [-0.05, 0) is 13.8 Å². The average molecular weight is 289 g/mol. The second-order valence-corrected chi connectivity index (χ2v) is 5.51. The molecule has 1 unspecified atom stereocenters. The fourth-order valence-electron chi connectivity index (χ4n) is 2.06. The van der Waals surface area contributed by atoms with Gasteiger partial charge < -0.3 is 15.3 Å². The molecule has 2 rings (SSSR count). The minimum atomic E-state index is 0.207. The van der Waals surface area contributed by atoms with Gasteiger partial charge >= 0.3 is 0 Å². The quantitative estimate of drug-likeness (QED) is 0.555. The van der Waals surface area contributed by atoms with E-state index >= 15 is 0 Å². The maximum absolute atomic E-state index is 5.55. The minimum Gasteiger partial charge on any atom is -0.365 e. The van der Waals surface area contributed by atoms with Gasteiger partial charge in [-0.3, -0.25) is 0 Å². The number of rotatable bonds is 6. The van der Waals surface area contributed by atoms with E-state index in [-0.39, 0.29) is 12.0 Å². The first kappa shape index (κ1) is 15.2. The molecule has 2 aromatic heterocycles. The highest BCUT2D eigenvalue weighted by Crippen LogP contribution is 2.23. The number of nitrogens with two attached hydrogens (primary N) is 1. The van der Waals surface area contributed by atoms with E-state index in [1.54, 1.807) is 12.5 Å². The lowest BCUT2D eigenvalue weighted by atomic mass is 10.2. The first-order valence-corrected chi connectivity index (χ1v) is 7.08. The zero-order valence-corrected chi connectivity index (χ0v) is 13.0. The van der Waals surface area contributed by atoms with Crippen LogP contribution in [0.1, 0.15) is 38.1 Å². The van der Waals surface area contributed by atoms with Crippen LogP contribution in [-0.2, 0) is 6.54 Å². The first-order chi connectivity index (χ1) is 10.0. The lowest BCUT2D eigenvalue weighted by molar-refractivity contribution is 0.615. The van der Waals surface area contributed by atoms with E-state index in [1.165, 1.54) is 0 Å². The Balaban J connectivity index is 2.19.